The molecule has 8 nitrogen and oxygen atoms in total. The lowest BCUT2D eigenvalue weighted by molar-refractivity contribution is -0.137. The number of aromatic nitrogens is 2. The van der Waals surface area contributed by atoms with E-state index in [9.17, 15) is 24.6 Å². The predicted molar refractivity (Wildman–Crippen MR) is 139 cm³/mol. The molecule has 0 aliphatic carbocycles. The van der Waals surface area contributed by atoms with Crippen LogP contribution in [0.3, 0.4) is 0 Å². The number of benzene rings is 2. The fourth-order valence-electron chi connectivity index (χ4n) is 5.57. The summed E-state index contributed by atoms with van der Waals surface area (Å²) in [6.07, 6.45) is 2.46. The number of aliphatic hydroxyl groups excluding tert-OH is 1. The Morgan fingerprint density at radius 2 is 1.67 bits per heavy atom. The Balaban J connectivity index is 2.15. The first-order chi connectivity index (χ1) is 17.3. The minimum absolute atomic E-state index is 0.294. The third-order valence-corrected chi connectivity index (χ3v) is 11.0. The van der Waals surface area contributed by atoms with Crippen molar-refractivity contribution in [1.82, 2.24) is 9.55 Å². The molecule has 9 heteroatoms. The van der Waals surface area contributed by atoms with E-state index in [0.717, 1.165) is 16.8 Å². The van der Waals surface area contributed by atoms with Gasteiger partial charge in [-0.05, 0) is 13.3 Å². The van der Waals surface area contributed by atoms with E-state index in [1.807, 2.05) is 67.6 Å². The number of aldehydes is 1. The average Bonchev–Trinajstić information content (AvgIpc) is 3.14. The van der Waals surface area contributed by atoms with Gasteiger partial charge in [-0.2, -0.15) is 0 Å². The van der Waals surface area contributed by atoms with Crippen LogP contribution in [-0.4, -0.2) is 53.2 Å². The molecule has 3 N–H and O–H groups in total. The molecule has 0 saturated carbocycles. The smallest absolute Gasteiger partial charge is 0.330 e. The highest BCUT2D eigenvalue weighted by atomic mass is 28.3. The molecule has 1 aromatic heterocycles. The number of aryl methyl sites for hydroxylation is 1. The third-order valence-electron chi connectivity index (χ3n) is 7.28. The summed E-state index contributed by atoms with van der Waals surface area (Å²) >= 11 is 0. The first-order valence-corrected chi connectivity index (χ1v) is 14.0. The lowest BCUT2D eigenvalue weighted by Crippen LogP contribution is -2.68. The molecule has 1 aliphatic rings. The van der Waals surface area contributed by atoms with Crippen LogP contribution >= 0.6 is 0 Å². The van der Waals surface area contributed by atoms with Crippen LogP contribution < -0.4 is 21.6 Å². The molecule has 3 aromatic rings. The monoisotopic (exact) mass is 508 g/mol. The first-order valence-electron chi connectivity index (χ1n) is 12.2. The minimum Gasteiger partial charge on any atom is -0.394 e. The van der Waals surface area contributed by atoms with Gasteiger partial charge in [0.05, 0.1) is 6.61 Å². The minimum atomic E-state index is -2.69. The normalized spacial score (nSPS) is 25.8. The second kappa shape index (κ2) is 10.5. The molecule has 4 atom stereocenters. The molecular formula is C27H32N2O6Si. The first kappa shape index (κ1) is 26.0. The Kier molecular flexibility index (Phi) is 7.56. The summed E-state index contributed by atoms with van der Waals surface area (Å²) in [6.45, 7) is 2.98. The van der Waals surface area contributed by atoms with Crippen molar-refractivity contribution < 1.29 is 19.7 Å². The van der Waals surface area contributed by atoms with Crippen molar-refractivity contribution in [3.05, 3.63) is 93.3 Å². The summed E-state index contributed by atoms with van der Waals surface area (Å²) in [4.78, 5) is 40.7. The van der Waals surface area contributed by atoms with Gasteiger partial charge in [0.1, 0.15) is 11.5 Å². The van der Waals surface area contributed by atoms with Crippen molar-refractivity contribution in [2.24, 2.45) is 5.92 Å². The van der Waals surface area contributed by atoms with Crippen molar-refractivity contribution in [1.29, 1.82) is 0 Å². The summed E-state index contributed by atoms with van der Waals surface area (Å²) in [5.41, 5.74) is -2.95. The summed E-state index contributed by atoms with van der Waals surface area (Å²) in [7, 11) is -2.69. The van der Waals surface area contributed by atoms with Crippen LogP contribution in [-0.2, 0) is 14.9 Å². The number of hydrogen-bond donors (Lipinski definition) is 3. The standard InChI is InChI=1S/C27H32N2O6Si/c1-3-4-15-22-26(34,18-31)23(17-30)35-27(22,29-16-19(2)24(32)28-25(29)33)36(20-11-7-5-8-12-20)21-13-9-6-10-14-21/h5-14,16,18,22-23,30,34,36H,3-4,15,17H2,1-2H3,(H,28,32,33)/t22?,23-,26+,27+/m1/s1. The zero-order valence-electron chi connectivity index (χ0n) is 20.5. The molecule has 0 radical (unpaired) electrons. The molecule has 1 fully saturated rings. The number of carbonyl (C=O) groups excluding carboxylic acids is 1. The van der Waals surface area contributed by atoms with E-state index in [1.54, 1.807) is 6.92 Å². The van der Waals surface area contributed by atoms with E-state index in [-0.39, 0.29) is 0 Å². The molecule has 1 unspecified atom stereocenters. The number of nitrogens with zero attached hydrogens (tertiary/aromatic N) is 1. The second-order valence-corrected chi connectivity index (χ2v) is 12.5. The molecule has 2 aromatic carbocycles. The van der Waals surface area contributed by atoms with Gasteiger partial charge in [0.25, 0.3) is 5.56 Å². The van der Waals surface area contributed by atoms with Gasteiger partial charge in [0.2, 0.25) is 0 Å². The van der Waals surface area contributed by atoms with Gasteiger partial charge in [-0.15, -0.1) is 0 Å². The second-order valence-electron chi connectivity index (χ2n) is 9.44. The molecule has 0 spiro atoms. The largest absolute Gasteiger partial charge is 0.394 e. The van der Waals surface area contributed by atoms with Crippen LogP contribution in [0.4, 0.5) is 0 Å². The third kappa shape index (κ3) is 4.22. The maximum atomic E-state index is 13.5. The molecule has 1 aliphatic heterocycles. The van der Waals surface area contributed by atoms with Gasteiger partial charge in [-0.3, -0.25) is 14.3 Å². The number of ether oxygens (including phenoxy) is 1. The molecule has 4 rings (SSSR count). The van der Waals surface area contributed by atoms with Gasteiger partial charge < -0.3 is 19.7 Å². The zero-order chi connectivity index (χ0) is 25.9. The number of H-pyrrole nitrogens is 1. The lowest BCUT2D eigenvalue weighted by Gasteiger charge is -2.43. The van der Waals surface area contributed by atoms with E-state index in [2.05, 4.69) is 4.98 Å². The molecule has 1 saturated heterocycles. The highest BCUT2D eigenvalue weighted by Crippen LogP contribution is 2.49. The number of unbranched alkanes of at least 4 members (excludes halogenated alkanes) is 1. The molecule has 2 heterocycles. The number of aliphatic hydroxyl groups is 2. The van der Waals surface area contributed by atoms with Crippen LogP contribution in [0.25, 0.3) is 0 Å². The van der Waals surface area contributed by atoms with Crippen LogP contribution in [0.15, 0.2) is 76.4 Å². The van der Waals surface area contributed by atoms with Crippen molar-refractivity contribution in [3.63, 3.8) is 0 Å². The molecule has 36 heavy (non-hydrogen) atoms. The molecule has 0 amide bonds. The number of carbonyl (C=O) groups is 1. The van der Waals surface area contributed by atoms with Crippen LogP contribution in [0.5, 0.6) is 0 Å². The predicted octanol–water partition coefficient (Wildman–Crippen LogP) is 0.206. The maximum Gasteiger partial charge on any atom is 0.330 e. The fourth-order valence-corrected chi connectivity index (χ4v) is 9.73. The Bertz CT molecular complexity index is 1270. The number of rotatable bonds is 9. The van der Waals surface area contributed by atoms with Gasteiger partial charge in [-0.25, -0.2) is 4.79 Å². The van der Waals surface area contributed by atoms with E-state index in [0.29, 0.717) is 24.7 Å². The topological polar surface area (TPSA) is 122 Å². The summed E-state index contributed by atoms with van der Waals surface area (Å²) in [5, 5.41) is 22.4. The molecular weight excluding hydrogens is 476 g/mol. The van der Waals surface area contributed by atoms with Gasteiger partial charge in [-0.1, -0.05) is 90.8 Å². The number of aromatic amines is 1. The molecule has 0 bridgehead atoms. The summed E-state index contributed by atoms with van der Waals surface area (Å²) in [5.74, 6) is -0.861. The zero-order valence-corrected chi connectivity index (χ0v) is 21.6. The Morgan fingerprint density at radius 1 is 1.08 bits per heavy atom. The van der Waals surface area contributed by atoms with Crippen LogP contribution in [0.1, 0.15) is 31.7 Å². The summed E-state index contributed by atoms with van der Waals surface area (Å²) < 4.78 is 7.98. The fraction of sp³-hybridized carbons (Fsp3) is 0.370. The highest BCUT2D eigenvalue weighted by Gasteiger charge is 2.67. The quantitative estimate of drug-likeness (QED) is 0.281. The van der Waals surface area contributed by atoms with Crippen molar-refractivity contribution in [2.45, 2.75) is 50.2 Å². The van der Waals surface area contributed by atoms with E-state index in [4.69, 9.17) is 4.74 Å². The van der Waals surface area contributed by atoms with E-state index >= 15 is 0 Å². The van der Waals surface area contributed by atoms with Gasteiger partial charge in [0.15, 0.2) is 20.7 Å². The van der Waals surface area contributed by atoms with Crippen molar-refractivity contribution in [3.8, 4) is 0 Å². The average molecular weight is 509 g/mol. The van der Waals surface area contributed by atoms with Gasteiger partial charge in [0, 0.05) is 17.7 Å². The molecule has 190 valence electrons. The van der Waals surface area contributed by atoms with E-state index < -0.39 is 49.6 Å². The van der Waals surface area contributed by atoms with Crippen LogP contribution in [0, 0.1) is 12.8 Å². The maximum absolute atomic E-state index is 13.5. The van der Waals surface area contributed by atoms with E-state index in [1.165, 1.54) is 10.8 Å². The van der Waals surface area contributed by atoms with Crippen LogP contribution in [0.2, 0.25) is 0 Å². The van der Waals surface area contributed by atoms with Crippen molar-refractivity contribution >= 4 is 25.5 Å². The Morgan fingerprint density at radius 3 is 2.17 bits per heavy atom. The highest BCUT2D eigenvalue weighted by molar-refractivity contribution is 6.86. The lowest BCUT2D eigenvalue weighted by atomic mass is 9.81. The SMILES string of the molecule is CCCCC1[C@@](n2cc(C)c(=O)[nH]c2=O)([SiH](c2ccccc2)c2ccccc2)O[C@H](CO)[C@]1(O)C=O. The number of hydrogen-bond acceptors (Lipinski definition) is 6. The Labute approximate surface area is 210 Å². The number of nitrogens with one attached hydrogen (secondary N) is 1. The Hall–Kier alpha value is -3.11. The summed E-state index contributed by atoms with van der Waals surface area (Å²) in [6, 6.07) is 19.2. The van der Waals surface area contributed by atoms with Gasteiger partial charge >= 0.3 is 5.69 Å². The van der Waals surface area contributed by atoms with Crippen molar-refractivity contribution in [2.75, 3.05) is 6.61 Å².